The third kappa shape index (κ3) is 8.61. The Morgan fingerprint density at radius 1 is 1.04 bits per heavy atom. The van der Waals surface area contributed by atoms with Crippen molar-refractivity contribution in [1.82, 2.24) is 34.9 Å². The molecule has 3 aromatic carbocycles. The number of likely N-dealkylation sites (tertiary alicyclic amines) is 1. The van der Waals surface area contributed by atoms with Gasteiger partial charge >= 0.3 is 6.01 Å². The van der Waals surface area contributed by atoms with Gasteiger partial charge in [-0.05, 0) is 98.2 Å². The van der Waals surface area contributed by atoms with Crippen molar-refractivity contribution in [2.45, 2.75) is 70.3 Å². The number of hydrogen-bond acceptors (Lipinski definition) is 13. The molecule has 1 aliphatic carbocycles. The average molecular weight is 918 g/mol. The van der Waals surface area contributed by atoms with Gasteiger partial charge in [0.05, 0.1) is 40.6 Å². The topological polar surface area (TPSA) is 186 Å². The second kappa shape index (κ2) is 17.4. The monoisotopic (exact) mass is 917 g/mol. The summed E-state index contributed by atoms with van der Waals surface area (Å²) < 4.78 is 51.7. The molecular formula is C49H53F2N9O7. The average Bonchev–Trinajstić information content (AvgIpc) is 3.99. The molecule has 16 nitrogen and oxygen atoms in total. The summed E-state index contributed by atoms with van der Waals surface area (Å²) in [7, 11) is 3.29. The summed E-state index contributed by atoms with van der Waals surface area (Å²) in [5.74, 6) is -1.79. The number of halogens is 2. The van der Waals surface area contributed by atoms with E-state index < -0.39 is 23.2 Å². The van der Waals surface area contributed by atoms with Crippen LogP contribution < -0.4 is 25.0 Å². The quantitative estimate of drug-likeness (QED) is 0.0835. The van der Waals surface area contributed by atoms with Crippen molar-refractivity contribution in [2.24, 2.45) is 18.4 Å². The van der Waals surface area contributed by atoms with Crippen molar-refractivity contribution < 1.29 is 42.5 Å². The molecule has 3 saturated heterocycles. The van der Waals surface area contributed by atoms with Gasteiger partial charge in [-0.2, -0.15) is 15.1 Å². The smallest absolute Gasteiger partial charge is 0.319 e. The first kappa shape index (κ1) is 44.5. The van der Waals surface area contributed by atoms with Crippen LogP contribution in [0.25, 0.3) is 43.8 Å². The fraction of sp³-hybridized carbons (Fsp3) is 0.449. The molecule has 67 heavy (non-hydrogen) atoms. The normalized spacial score (nSPS) is 20.9. The molecule has 4 aliphatic rings. The van der Waals surface area contributed by atoms with E-state index >= 15 is 8.78 Å². The van der Waals surface area contributed by atoms with E-state index in [0.717, 1.165) is 23.7 Å². The number of amides is 3. The van der Waals surface area contributed by atoms with Gasteiger partial charge < -0.3 is 34.4 Å². The van der Waals surface area contributed by atoms with E-state index in [0.29, 0.717) is 102 Å². The highest BCUT2D eigenvalue weighted by atomic mass is 19.1. The van der Waals surface area contributed by atoms with Gasteiger partial charge in [0.1, 0.15) is 28.6 Å². The van der Waals surface area contributed by atoms with Crippen LogP contribution in [0.5, 0.6) is 11.8 Å². The van der Waals surface area contributed by atoms with E-state index in [-0.39, 0.29) is 72.6 Å². The van der Waals surface area contributed by atoms with Gasteiger partial charge in [-0.25, -0.2) is 8.78 Å². The second-order valence-electron chi connectivity index (χ2n) is 18.9. The number of pyridine rings is 1. The zero-order chi connectivity index (χ0) is 46.8. The number of aryl methyl sites for hydroxylation is 2. The number of β-amino-alcohol motifs (C(OH)–C–C–N with tert-alkyl or cyclic N) is 1. The van der Waals surface area contributed by atoms with Crippen LogP contribution >= 0.6 is 0 Å². The molecule has 3 aromatic heterocycles. The molecule has 3 N–H and O–H groups in total. The first-order valence-electron chi connectivity index (χ1n) is 22.9. The number of benzene rings is 3. The number of methoxy groups -OCH3 is 1. The van der Waals surface area contributed by atoms with Gasteiger partial charge in [-0.15, -0.1) is 0 Å². The Bertz CT molecular complexity index is 2970. The van der Waals surface area contributed by atoms with E-state index in [1.807, 2.05) is 30.0 Å². The summed E-state index contributed by atoms with van der Waals surface area (Å²) in [5, 5.41) is 23.5. The molecule has 0 spiro atoms. The number of piperidine rings is 2. The van der Waals surface area contributed by atoms with Crippen molar-refractivity contribution in [2.75, 3.05) is 63.5 Å². The van der Waals surface area contributed by atoms with Gasteiger partial charge in [-0.3, -0.25) is 29.4 Å². The number of rotatable bonds is 14. The van der Waals surface area contributed by atoms with E-state index in [1.54, 1.807) is 36.9 Å². The predicted molar refractivity (Wildman–Crippen MR) is 246 cm³/mol. The second-order valence-corrected chi connectivity index (χ2v) is 18.9. The molecule has 3 amide bonds. The largest absolute Gasteiger partial charge is 0.468 e. The van der Waals surface area contributed by atoms with Crippen LogP contribution in [0, 0.1) is 23.0 Å². The molecule has 0 bridgehead atoms. The van der Waals surface area contributed by atoms with Crippen LogP contribution in [0.2, 0.25) is 0 Å². The van der Waals surface area contributed by atoms with E-state index in [2.05, 4.69) is 30.6 Å². The van der Waals surface area contributed by atoms with Gasteiger partial charge in [0.15, 0.2) is 12.6 Å². The summed E-state index contributed by atoms with van der Waals surface area (Å²) in [4.78, 5) is 56.0. The van der Waals surface area contributed by atoms with Gasteiger partial charge in [0, 0.05) is 81.6 Å². The summed E-state index contributed by atoms with van der Waals surface area (Å²) >= 11 is 0. The standard InChI is InChI=1S/C49H53F2N9O7/c1-5-31-36(50)11-7-27-17-30(67-26-65-4)19-34(39(27)31)42-40(51)43-35(20-52-42)44(60-16-6-13-48(2,64)23-60)56-47(55-43)66-25-49(14-15-49)24-59-21-28(22-59)45(62)53-29-8-9-32-37(18-29)58(3)57-41(32)33-10-12-38(61)54-46(33)63/h7-9,11,17-20,28,33,64H,5-6,10,12-16,21-26H2,1-4H3,(H,53,62)(H,54,61,63)/t33?,48-/m1/s1. The minimum Gasteiger partial charge on any atom is -0.468 e. The Kier molecular flexibility index (Phi) is 11.5. The number of nitrogens with one attached hydrogen (secondary N) is 2. The van der Waals surface area contributed by atoms with Crippen LogP contribution in [-0.2, 0) is 32.6 Å². The summed E-state index contributed by atoms with van der Waals surface area (Å²) in [5.41, 5.74) is 1.52. The molecule has 4 fully saturated rings. The maximum atomic E-state index is 17.3. The first-order valence-corrected chi connectivity index (χ1v) is 22.9. The zero-order valence-electron chi connectivity index (χ0n) is 38.0. The molecule has 3 aliphatic heterocycles. The first-order chi connectivity index (χ1) is 32.2. The molecule has 6 aromatic rings. The number of ether oxygens (including phenoxy) is 3. The lowest BCUT2D eigenvalue weighted by molar-refractivity contribution is -0.134. The summed E-state index contributed by atoms with van der Waals surface area (Å²) in [6.07, 6.45) is 5.64. The third-order valence-corrected chi connectivity index (χ3v) is 13.8. The van der Waals surface area contributed by atoms with Crippen LogP contribution in [0.1, 0.15) is 69.5 Å². The fourth-order valence-electron chi connectivity index (χ4n) is 10.0. The number of nitrogens with zero attached hydrogens (tertiary/aromatic N) is 7. The van der Waals surface area contributed by atoms with Crippen LogP contribution in [0.4, 0.5) is 20.3 Å². The Labute approximate surface area is 385 Å². The van der Waals surface area contributed by atoms with Crippen molar-refractivity contribution in [3.63, 3.8) is 0 Å². The Balaban J connectivity index is 0.863. The molecule has 350 valence electrons. The van der Waals surface area contributed by atoms with Crippen molar-refractivity contribution in [1.29, 1.82) is 0 Å². The van der Waals surface area contributed by atoms with Crippen molar-refractivity contribution in [3.8, 4) is 23.0 Å². The van der Waals surface area contributed by atoms with Crippen LogP contribution in [0.3, 0.4) is 0 Å². The van der Waals surface area contributed by atoms with E-state index in [1.165, 1.54) is 19.4 Å². The van der Waals surface area contributed by atoms with E-state index in [9.17, 15) is 19.5 Å². The number of aliphatic hydroxyl groups is 1. The molecule has 18 heteroatoms. The Morgan fingerprint density at radius 2 is 1.87 bits per heavy atom. The Hall–Kier alpha value is -6.37. The molecular weight excluding hydrogens is 865 g/mol. The number of fused-ring (bicyclic) bond motifs is 3. The number of imide groups is 1. The number of aromatic nitrogens is 5. The van der Waals surface area contributed by atoms with Crippen LogP contribution in [0.15, 0.2) is 48.7 Å². The predicted octanol–water partition coefficient (Wildman–Crippen LogP) is 6.16. The van der Waals surface area contributed by atoms with Crippen molar-refractivity contribution in [3.05, 3.63) is 71.6 Å². The summed E-state index contributed by atoms with van der Waals surface area (Å²) in [6.45, 7) is 6.53. The highest BCUT2D eigenvalue weighted by Gasteiger charge is 2.48. The maximum absolute atomic E-state index is 17.3. The lowest BCUT2D eigenvalue weighted by Crippen LogP contribution is -2.54. The minimum absolute atomic E-state index is 0.00662. The van der Waals surface area contributed by atoms with Gasteiger partial charge in [0.2, 0.25) is 17.7 Å². The third-order valence-electron chi connectivity index (χ3n) is 13.8. The number of carbonyl (C=O) groups is 3. The SMILES string of the molecule is CCc1c(F)ccc2cc(OCOC)cc(-c3ncc4c(N5CCC[C@@](C)(O)C5)nc(OCC5(CN6CC(C(=O)Nc7ccc8c(C9CCC(=O)NC9=O)nn(C)c8c7)C6)CC5)nc4c3F)c12. The van der Waals surface area contributed by atoms with E-state index in [4.69, 9.17) is 19.2 Å². The fourth-order valence-corrected chi connectivity index (χ4v) is 10.0. The van der Waals surface area contributed by atoms with Crippen molar-refractivity contribution >= 4 is 61.8 Å². The number of anilines is 2. The van der Waals surface area contributed by atoms with Gasteiger partial charge in [-0.1, -0.05) is 13.0 Å². The molecule has 0 radical (unpaired) electrons. The molecule has 1 saturated carbocycles. The molecule has 1 unspecified atom stereocenters. The van der Waals surface area contributed by atoms with Crippen LogP contribution in [-0.4, -0.2) is 111 Å². The van der Waals surface area contributed by atoms with Gasteiger partial charge in [0.25, 0.3) is 0 Å². The number of carbonyl (C=O) groups excluding carboxylic acids is 3. The highest BCUT2D eigenvalue weighted by Crippen LogP contribution is 2.48. The molecule has 10 rings (SSSR count). The highest BCUT2D eigenvalue weighted by molar-refractivity contribution is 6.04. The number of hydrogen-bond donors (Lipinski definition) is 3. The minimum atomic E-state index is -0.995. The maximum Gasteiger partial charge on any atom is 0.319 e. The molecule has 6 heterocycles. The molecule has 2 atom stereocenters. The summed E-state index contributed by atoms with van der Waals surface area (Å²) in [6, 6.07) is 11.9. The zero-order valence-corrected chi connectivity index (χ0v) is 38.0. The lowest BCUT2D eigenvalue weighted by atomic mass is 9.92. The Morgan fingerprint density at radius 3 is 2.61 bits per heavy atom. The lowest BCUT2D eigenvalue weighted by Gasteiger charge is -2.40.